The molecule has 0 unspecified atom stereocenters. The smallest absolute Gasteiger partial charge is 0.217 e. The summed E-state index contributed by atoms with van der Waals surface area (Å²) in [6.45, 7) is 10.3. The quantitative estimate of drug-likeness (QED) is 0.874. The minimum Gasteiger partial charge on any atom is -0.349 e. The van der Waals surface area contributed by atoms with Crippen molar-refractivity contribution in [1.29, 1.82) is 0 Å². The lowest BCUT2D eigenvalue weighted by Gasteiger charge is -2.35. The van der Waals surface area contributed by atoms with E-state index in [1.165, 1.54) is 0 Å². The highest BCUT2D eigenvalue weighted by atomic mass is 35.5. The maximum absolute atomic E-state index is 11.4. The molecular weight excluding hydrogens is 246 g/mol. The van der Waals surface area contributed by atoms with E-state index in [1.54, 1.807) is 6.92 Å². The van der Waals surface area contributed by atoms with E-state index in [0.29, 0.717) is 10.9 Å². The lowest BCUT2D eigenvalue weighted by molar-refractivity contribution is -0.120. The molecule has 1 rings (SSSR count). The molecule has 1 aromatic rings. The van der Waals surface area contributed by atoms with Gasteiger partial charge in [0.25, 0.3) is 0 Å². The van der Waals surface area contributed by atoms with E-state index in [-0.39, 0.29) is 17.4 Å². The predicted octanol–water partition coefficient (Wildman–Crippen LogP) is 4.20. The van der Waals surface area contributed by atoms with Gasteiger partial charge in [-0.2, -0.15) is 0 Å². The average molecular weight is 268 g/mol. The molecule has 0 aliphatic rings. The molecule has 0 aliphatic heterocycles. The van der Waals surface area contributed by atoms with Crippen LogP contribution in [0.3, 0.4) is 0 Å². The number of carbonyl (C=O) groups excluding carboxylic acids is 1. The summed E-state index contributed by atoms with van der Waals surface area (Å²) in [5.41, 5.74) is 1.21. The van der Waals surface area contributed by atoms with Gasteiger partial charge in [0.2, 0.25) is 5.91 Å². The first-order chi connectivity index (χ1) is 8.21. The first kappa shape index (κ1) is 15.0. The Kier molecular flexibility index (Phi) is 4.80. The van der Waals surface area contributed by atoms with Crippen LogP contribution in [0.25, 0.3) is 0 Å². The van der Waals surface area contributed by atoms with Crippen LogP contribution in [0.4, 0.5) is 0 Å². The molecule has 0 aliphatic carbocycles. The van der Waals surface area contributed by atoms with E-state index in [2.05, 4.69) is 33.0 Å². The van der Waals surface area contributed by atoms with Crippen molar-refractivity contribution >= 4 is 17.5 Å². The van der Waals surface area contributed by atoms with Gasteiger partial charge in [0.15, 0.2) is 0 Å². The van der Waals surface area contributed by atoms with Crippen molar-refractivity contribution in [1.82, 2.24) is 5.32 Å². The van der Waals surface area contributed by atoms with Crippen LogP contribution in [0.5, 0.6) is 0 Å². The van der Waals surface area contributed by atoms with E-state index >= 15 is 0 Å². The molecular formula is C15H22ClNO. The zero-order valence-electron chi connectivity index (χ0n) is 11.8. The number of nitrogens with one attached hydrogen (secondary N) is 1. The number of benzene rings is 1. The topological polar surface area (TPSA) is 29.1 Å². The lowest BCUT2D eigenvalue weighted by atomic mass is 9.75. The third kappa shape index (κ3) is 4.02. The van der Waals surface area contributed by atoms with Crippen LogP contribution in [0.2, 0.25) is 5.02 Å². The summed E-state index contributed by atoms with van der Waals surface area (Å²) in [4.78, 5) is 11.4. The summed E-state index contributed by atoms with van der Waals surface area (Å²) < 4.78 is 0. The Hall–Kier alpha value is -1.02. The Bertz CT molecular complexity index is 405. The summed E-state index contributed by atoms with van der Waals surface area (Å²) in [6, 6.07) is 7.69. The van der Waals surface area contributed by atoms with Crippen molar-refractivity contribution in [3.05, 3.63) is 34.9 Å². The van der Waals surface area contributed by atoms with Crippen molar-refractivity contribution in [2.45, 2.75) is 40.7 Å². The first-order valence-electron chi connectivity index (χ1n) is 6.24. The molecule has 1 N–H and O–H groups in total. The van der Waals surface area contributed by atoms with Crippen LogP contribution in [0.15, 0.2) is 24.3 Å². The Morgan fingerprint density at radius 2 is 1.72 bits per heavy atom. The maximum atomic E-state index is 11.4. The molecule has 2 atom stereocenters. The molecule has 0 radical (unpaired) electrons. The number of carbonyl (C=O) groups is 1. The van der Waals surface area contributed by atoms with Crippen LogP contribution in [0, 0.1) is 11.3 Å². The fraction of sp³-hybridized carbons (Fsp3) is 0.533. The fourth-order valence-electron chi connectivity index (χ4n) is 1.89. The molecule has 1 amide bonds. The molecule has 1 aromatic carbocycles. The van der Waals surface area contributed by atoms with Gasteiger partial charge in [0.1, 0.15) is 0 Å². The van der Waals surface area contributed by atoms with Gasteiger partial charge >= 0.3 is 0 Å². The Labute approximate surface area is 115 Å². The standard InChI is InChI=1S/C15H22ClNO/c1-10(15(3,4)5)14(17-11(2)18)12-6-8-13(16)9-7-12/h6-10,14H,1-5H3,(H,17,18)/t10-,14-/m0/s1. The van der Waals surface area contributed by atoms with Crippen molar-refractivity contribution in [2.24, 2.45) is 11.3 Å². The highest BCUT2D eigenvalue weighted by molar-refractivity contribution is 6.30. The van der Waals surface area contributed by atoms with Crippen molar-refractivity contribution in [3.63, 3.8) is 0 Å². The second-order valence-electron chi connectivity index (χ2n) is 5.88. The van der Waals surface area contributed by atoms with Gasteiger partial charge in [-0.05, 0) is 29.0 Å². The van der Waals surface area contributed by atoms with Gasteiger partial charge in [-0.3, -0.25) is 4.79 Å². The third-order valence-corrected chi connectivity index (χ3v) is 3.71. The zero-order chi connectivity index (χ0) is 13.9. The minimum absolute atomic E-state index is 0.00829. The van der Waals surface area contributed by atoms with E-state index < -0.39 is 0 Å². The summed E-state index contributed by atoms with van der Waals surface area (Å²) in [6.07, 6.45) is 0. The average Bonchev–Trinajstić information content (AvgIpc) is 2.25. The molecule has 0 bridgehead atoms. The molecule has 0 spiro atoms. The van der Waals surface area contributed by atoms with Crippen molar-refractivity contribution in [2.75, 3.05) is 0 Å². The first-order valence-corrected chi connectivity index (χ1v) is 6.62. The lowest BCUT2D eigenvalue weighted by Crippen LogP contribution is -2.36. The molecule has 0 saturated carbocycles. The summed E-state index contributed by atoms with van der Waals surface area (Å²) in [7, 11) is 0. The van der Waals surface area contributed by atoms with Gasteiger partial charge < -0.3 is 5.32 Å². The maximum Gasteiger partial charge on any atom is 0.217 e. The fourth-order valence-corrected chi connectivity index (χ4v) is 2.01. The van der Waals surface area contributed by atoms with E-state index in [0.717, 1.165) is 5.56 Å². The van der Waals surface area contributed by atoms with E-state index in [1.807, 2.05) is 24.3 Å². The number of halogens is 1. The van der Waals surface area contributed by atoms with Crippen molar-refractivity contribution in [3.8, 4) is 0 Å². The van der Waals surface area contributed by atoms with E-state index in [4.69, 9.17) is 11.6 Å². The number of hydrogen-bond donors (Lipinski definition) is 1. The molecule has 2 nitrogen and oxygen atoms in total. The molecule has 0 heterocycles. The normalized spacial score (nSPS) is 15.0. The SMILES string of the molecule is CC(=O)N[C@H](c1ccc(Cl)cc1)[C@H](C)C(C)(C)C. The largest absolute Gasteiger partial charge is 0.349 e. The number of hydrogen-bond acceptors (Lipinski definition) is 1. The van der Waals surface area contributed by atoms with Crippen LogP contribution in [0.1, 0.15) is 46.2 Å². The van der Waals surface area contributed by atoms with Crippen LogP contribution < -0.4 is 5.32 Å². The van der Waals surface area contributed by atoms with Crippen LogP contribution in [-0.2, 0) is 4.79 Å². The van der Waals surface area contributed by atoms with Gasteiger partial charge in [-0.25, -0.2) is 0 Å². The highest BCUT2D eigenvalue weighted by Crippen LogP contribution is 2.36. The second-order valence-corrected chi connectivity index (χ2v) is 6.32. The third-order valence-electron chi connectivity index (χ3n) is 3.45. The second kappa shape index (κ2) is 5.75. The number of rotatable bonds is 3. The molecule has 0 aromatic heterocycles. The van der Waals surface area contributed by atoms with Gasteiger partial charge in [0, 0.05) is 11.9 Å². The zero-order valence-corrected chi connectivity index (χ0v) is 12.5. The van der Waals surface area contributed by atoms with Gasteiger partial charge in [0.05, 0.1) is 6.04 Å². The minimum atomic E-state index is -0.00829. The predicted molar refractivity (Wildman–Crippen MR) is 76.6 cm³/mol. The molecule has 18 heavy (non-hydrogen) atoms. The molecule has 3 heteroatoms. The van der Waals surface area contributed by atoms with Crippen LogP contribution in [-0.4, -0.2) is 5.91 Å². The Morgan fingerprint density at radius 1 is 1.22 bits per heavy atom. The highest BCUT2D eigenvalue weighted by Gasteiger charge is 2.29. The van der Waals surface area contributed by atoms with Gasteiger partial charge in [-0.1, -0.05) is 51.4 Å². The Morgan fingerprint density at radius 3 is 2.11 bits per heavy atom. The van der Waals surface area contributed by atoms with Crippen molar-refractivity contribution < 1.29 is 4.79 Å². The van der Waals surface area contributed by atoms with Crippen LogP contribution >= 0.6 is 11.6 Å². The summed E-state index contributed by atoms with van der Waals surface area (Å²) in [5.74, 6) is 0.314. The molecule has 100 valence electrons. The Balaban J connectivity index is 3.05. The summed E-state index contributed by atoms with van der Waals surface area (Å²) >= 11 is 5.90. The number of amides is 1. The molecule has 0 saturated heterocycles. The monoisotopic (exact) mass is 267 g/mol. The summed E-state index contributed by atoms with van der Waals surface area (Å²) in [5, 5.41) is 3.75. The van der Waals surface area contributed by atoms with E-state index in [9.17, 15) is 4.79 Å². The molecule has 0 fully saturated rings. The van der Waals surface area contributed by atoms with Gasteiger partial charge in [-0.15, -0.1) is 0 Å².